The molecule has 194 valence electrons. The van der Waals surface area contributed by atoms with E-state index in [2.05, 4.69) is 142 Å². The Labute approximate surface area is 225 Å². The van der Waals surface area contributed by atoms with E-state index in [1.54, 1.807) is 0 Å². The summed E-state index contributed by atoms with van der Waals surface area (Å²) in [6.45, 7) is 12.9. The Morgan fingerprint density at radius 1 is 0.865 bits per heavy atom. The maximum absolute atomic E-state index is 3.27. The number of hydrogen-bond donors (Lipinski definition) is 1. The van der Waals surface area contributed by atoms with Crippen LogP contribution in [0.2, 0.25) is 0 Å². The van der Waals surface area contributed by atoms with Crippen LogP contribution in [-0.4, -0.2) is 17.3 Å². The number of allylic oxidation sites excluding steroid dienone is 3. The highest BCUT2D eigenvalue weighted by Gasteiger charge is 2.14. The molecule has 0 aromatic heterocycles. The highest BCUT2D eigenvalue weighted by Crippen LogP contribution is 2.21. The van der Waals surface area contributed by atoms with Gasteiger partial charge in [0, 0.05) is 18.1 Å². The Kier molecular flexibility index (Phi) is 12.9. The zero-order valence-electron chi connectivity index (χ0n) is 23.8. The van der Waals surface area contributed by atoms with Gasteiger partial charge in [-0.3, -0.25) is 0 Å². The van der Waals surface area contributed by atoms with E-state index in [1.807, 2.05) is 32.2 Å². The summed E-state index contributed by atoms with van der Waals surface area (Å²) in [5.74, 6) is 0.526. The summed E-state index contributed by atoms with van der Waals surface area (Å²) in [6, 6.07) is 30.1. The van der Waals surface area contributed by atoms with Gasteiger partial charge in [-0.1, -0.05) is 126 Å². The second-order valence-corrected chi connectivity index (χ2v) is 9.11. The van der Waals surface area contributed by atoms with Crippen molar-refractivity contribution >= 4 is 11.3 Å². The van der Waals surface area contributed by atoms with Gasteiger partial charge in [-0.05, 0) is 47.4 Å². The van der Waals surface area contributed by atoms with Crippen molar-refractivity contribution in [2.45, 2.75) is 59.9 Å². The van der Waals surface area contributed by atoms with E-state index in [-0.39, 0.29) is 0 Å². The molecule has 3 aromatic carbocycles. The molecule has 1 atom stereocenters. The first-order valence-corrected chi connectivity index (χ1v) is 13.6. The first kappa shape index (κ1) is 29.6. The average molecular weight is 494 g/mol. The van der Waals surface area contributed by atoms with E-state index < -0.39 is 0 Å². The maximum atomic E-state index is 3.27. The van der Waals surface area contributed by atoms with Gasteiger partial charge in [-0.2, -0.15) is 0 Å². The molecule has 4 rings (SSSR count). The molecule has 2 nitrogen and oxygen atoms in total. The monoisotopic (exact) mass is 493 g/mol. The molecule has 1 heterocycles. The number of benzene rings is 3. The predicted molar refractivity (Wildman–Crippen MR) is 163 cm³/mol. The highest BCUT2D eigenvalue weighted by molar-refractivity contribution is 5.96. The Morgan fingerprint density at radius 3 is 2.03 bits per heavy atom. The molecule has 0 bridgehead atoms. The Bertz CT molecular complexity index is 1180. The average Bonchev–Trinajstić information content (AvgIpc) is 2.98. The molecule has 0 fully saturated rings. The van der Waals surface area contributed by atoms with Crippen molar-refractivity contribution in [2.24, 2.45) is 0 Å². The van der Waals surface area contributed by atoms with E-state index in [0.717, 1.165) is 6.42 Å². The molecule has 1 unspecified atom stereocenters. The summed E-state index contributed by atoms with van der Waals surface area (Å²) in [4.78, 5) is 0. The van der Waals surface area contributed by atoms with Gasteiger partial charge in [0.2, 0.25) is 0 Å². The van der Waals surface area contributed by atoms with Crippen molar-refractivity contribution in [1.82, 2.24) is 5.32 Å². The first-order chi connectivity index (χ1) is 18.0. The van der Waals surface area contributed by atoms with E-state index in [9.17, 15) is 0 Å². The molecule has 37 heavy (non-hydrogen) atoms. The summed E-state index contributed by atoms with van der Waals surface area (Å²) in [5, 5.41) is 3.27. The Morgan fingerprint density at radius 2 is 1.46 bits per heavy atom. The minimum absolute atomic E-state index is 0.344. The van der Waals surface area contributed by atoms with Crippen LogP contribution in [0.4, 0.5) is 0 Å². The van der Waals surface area contributed by atoms with Gasteiger partial charge in [-0.15, -0.1) is 0 Å². The van der Waals surface area contributed by atoms with Crippen molar-refractivity contribution in [3.8, 4) is 0 Å². The zero-order valence-corrected chi connectivity index (χ0v) is 23.8. The molecule has 0 saturated heterocycles. The van der Waals surface area contributed by atoms with Crippen LogP contribution in [0.15, 0.2) is 116 Å². The zero-order chi connectivity index (χ0) is 27.0. The van der Waals surface area contributed by atoms with Gasteiger partial charge >= 0.3 is 0 Å². The van der Waals surface area contributed by atoms with Crippen LogP contribution in [0.5, 0.6) is 0 Å². The van der Waals surface area contributed by atoms with Crippen molar-refractivity contribution in [2.75, 3.05) is 7.05 Å². The van der Waals surface area contributed by atoms with Crippen LogP contribution in [0, 0.1) is 0 Å². The molecule has 0 aliphatic carbocycles. The lowest BCUT2D eigenvalue weighted by Gasteiger charge is -2.15. The van der Waals surface area contributed by atoms with Crippen molar-refractivity contribution in [3.05, 3.63) is 138 Å². The minimum Gasteiger partial charge on any atom is -0.381 e. The number of dihydropyridines is 1. The lowest BCUT2D eigenvalue weighted by Crippen LogP contribution is -2.14. The fourth-order valence-corrected chi connectivity index (χ4v) is 4.19. The standard InChI is InChI=1S/C22H28N.C11H11N.C2H6/c1-6-19(20-12-8-7-9-13-20)16-23(5)18(4)22-15-11-10-14-21(22)17(2)3;1-2-6-10(7-3-1)11-8-4-5-9-12-11;1-2/h7-17H,6H2,1-5H3;1-9,11-12H;1-2H3/q+1;;/b19-16+,23-18?;;. The largest absolute Gasteiger partial charge is 0.381 e. The molecule has 1 N–H and O–H groups in total. The molecule has 2 heteroatoms. The second-order valence-electron chi connectivity index (χ2n) is 9.11. The second kappa shape index (κ2) is 16.2. The summed E-state index contributed by atoms with van der Waals surface area (Å²) in [6.07, 6.45) is 11.5. The fourth-order valence-electron chi connectivity index (χ4n) is 4.19. The molecule has 0 spiro atoms. The summed E-state index contributed by atoms with van der Waals surface area (Å²) >= 11 is 0. The molecular formula is C35H45N2+. The van der Waals surface area contributed by atoms with Crippen LogP contribution >= 0.6 is 0 Å². The third-order valence-electron chi connectivity index (χ3n) is 6.32. The summed E-state index contributed by atoms with van der Waals surface area (Å²) in [7, 11) is 2.14. The summed E-state index contributed by atoms with van der Waals surface area (Å²) < 4.78 is 2.26. The van der Waals surface area contributed by atoms with E-state index in [4.69, 9.17) is 0 Å². The number of nitrogens with zero attached hydrogens (tertiary/aromatic N) is 1. The van der Waals surface area contributed by atoms with Crippen LogP contribution in [-0.2, 0) is 0 Å². The maximum Gasteiger partial charge on any atom is 0.185 e. The Balaban J connectivity index is 0.000000287. The third kappa shape index (κ3) is 9.06. The molecule has 0 radical (unpaired) electrons. The normalized spacial score (nSPS) is 15.0. The molecule has 1 aliphatic rings. The van der Waals surface area contributed by atoms with E-state index in [0.29, 0.717) is 12.0 Å². The molecule has 0 amide bonds. The van der Waals surface area contributed by atoms with Gasteiger partial charge in [0.25, 0.3) is 0 Å². The summed E-state index contributed by atoms with van der Waals surface area (Å²) in [5.41, 5.74) is 7.99. The molecule has 1 aliphatic heterocycles. The van der Waals surface area contributed by atoms with Crippen molar-refractivity contribution < 1.29 is 4.58 Å². The quantitative estimate of drug-likeness (QED) is 0.267. The van der Waals surface area contributed by atoms with Crippen LogP contribution in [0.1, 0.15) is 82.2 Å². The van der Waals surface area contributed by atoms with Crippen molar-refractivity contribution in [3.63, 3.8) is 0 Å². The third-order valence-corrected chi connectivity index (χ3v) is 6.32. The Hall–Kier alpha value is -3.65. The van der Waals surface area contributed by atoms with Crippen LogP contribution in [0.25, 0.3) is 5.57 Å². The first-order valence-electron chi connectivity index (χ1n) is 13.6. The van der Waals surface area contributed by atoms with E-state index in [1.165, 1.54) is 33.5 Å². The topological polar surface area (TPSA) is 15.0 Å². The van der Waals surface area contributed by atoms with Gasteiger partial charge < -0.3 is 5.32 Å². The lowest BCUT2D eigenvalue weighted by molar-refractivity contribution is -0.421. The van der Waals surface area contributed by atoms with Crippen LogP contribution < -0.4 is 5.32 Å². The number of rotatable bonds is 6. The van der Waals surface area contributed by atoms with Crippen LogP contribution in [0.3, 0.4) is 0 Å². The van der Waals surface area contributed by atoms with Gasteiger partial charge in [0.15, 0.2) is 11.9 Å². The SMILES string of the molecule is C1=CNC(c2ccccc2)C=C1.CC.CC/C(=C\[N+](C)=C(C)c1ccccc1C(C)C)c1ccccc1. The van der Waals surface area contributed by atoms with Gasteiger partial charge in [0.05, 0.1) is 6.04 Å². The van der Waals surface area contributed by atoms with E-state index >= 15 is 0 Å². The predicted octanol–water partition coefficient (Wildman–Crippen LogP) is 9.14. The minimum atomic E-state index is 0.344. The lowest BCUT2D eigenvalue weighted by atomic mass is 9.95. The fraction of sp³-hybridized carbons (Fsp3) is 0.286. The van der Waals surface area contributed by atoms with Crippen molar-refractivity contribution in [1.29, 1.82) is 0 Å². The van der Waals surface area contributed by atoms with Gasteiger partial charge in [-0.25, -0.2) is 4.58 Å². The number of nitrogens with one attached hydrogen (secondary N) is 1. The molecule has 3 aromatic rings. The highest BCUT2D eigenvalue weighted by atomic mass is 15.0. The molecular weight excluding hydrogens is 448 g/mol. The smallest absolute Gasteiger partial charge is 0.185 e. The van der Waals surface area contributed by atoms with Gasteiger partial charge in [0.1, 0.15) is 7.05 Å². The number of hydrogen-bond acceptors (Lipinski definition) is 1. The molecule has 0 saturated carbocycles.